The Labute approximate surface area is 214 Å². The summed E-state index contributed by atoms with van der Waals surface area (Å²) in [7, 11) is 0. The lowest BCUT2D eigenvalue weighted by molar-refractivity contribution is -0.117. The van der Waals surface area contributed by atoms with Crippen molar-refractivity contribution >= 4 is 29.2 Å². The average Bonchev–Trinajstić information content (AvgIpc) is 3.31. The van der Waals surface area contributed by atoms with Gasteiger partial charge in [-0.3, -0.25) is 9.59 Å². The molecular weight excluding hydrogens is 479 g/mol. The van der Waals surface area contributed by atoms with Crippen molar-refractivity contribution in [3.63, 3.8) is 0 Å². The molecule has 4 aromatic rings. The summed E-state index contributed by atoms with van der Waals surface area (Å²) >= 11 is 6.24. The van der Waals surface area contributed by atoms with Crippen LogP contribution in [0.15, 0.2) is 84.9 Å². The zero-order valence-corrected chi connectivity index (χ0v) is 20.6. The molecule has 1 aromatic heterocycles. The number of benzene rings is 3. The highest BCUT2D eigenvalue weighted by molar-refractivity contribution is 6.33. The SMILES string of the molecule is CCCCN(CC(=O)Nc1cc(-c2ccccc2)nn1-c1ccc(F)cc1)C(=O)c1ccccc1Cl. The zero-order chi connectivity index (χ0) is 25.5. The summed E-state index contributed by atoms with van der Waals surface area (Å²) in [5.74, 6) is -0.647. The molecule has 3 aromatic carbocycles. The van der Waals surface area contributed by atoms with Crippen LogP contribution in [-0.2, 0) is 4.79 Å². The Morgan fingerprint density at radius 2 is 1.69 bits per heavy atom. The molecule has 0 atom stereocenters. The van der Waals surface area contributed by atoms with Gasteiger partial charge in [-0.15, -0.1) is 0 Å². The predicted octanol–water partition coefficient (Wildman–Crippen LogP) is 6.21. The standard InChI is InChI=1S/C28H26ClFN4O2/c1-2-3-17-33(28(36)23-11-7-8-12-24(23)29)19-27(35)31-26-18-25(20-9-5-4-6-10-20)32-34(26)22-15-13-21(30)14-16-22/h4-16,18H,2-3,17,19H2,1H3,(H,31,35). The van der Waals surface area contributed by atoms with Gasteiger partial charge in [-0.1, -0.05) is 67.4 Å². The number of anilines is 1. The van der Waals surface area contributed by atoms with Crippen LogP contribution in [-0.4, -0.2) is 39.6 Å². The number of rotatable bonds is 9. The molecule has 8 heteroatoms. The molecule has 6 nitrogen and oxygen atoms in total. The van der Waals surface area contributed by atoms with Crippen molar-refractivity contribution in [1.29, 1.82) is 0 Å². The van der Waals surface area contributed by atoms with Crippen LogP contribution >= 0.6 is 11.6 Å². The van der Waals surface area contributed by atoms with Crippen LogP contribution in [0.25, 0.3) is 16.9 Å². The highest BCUT2D eigenvalue weighted by atomic mass is 35.5. The van der Waals surface area contributed by atoms with Crippen molar-refractivity contribution in [2.24, 2.45) is 0 Å². The molecule has 4 rings (SSSR count). The van der Waals surface area contributed by atoms with Gasteiger partial charge in [0.1, 0.15) is 18.2 Å². The molecule has 2 amide bonds. The highest BCUT2D eigenvalue weighted by Gasteiger charge is 2.22. The Bertz CT molecular complexity index is 1340. The van der Waals surface area contributed by atoms with Crippen molar-refractivity contribution in [2.45, 2.75) is 19.8 Å². The molecule has 1 N–H and O–H groups in total. The van der Waals surface area contributed by atoms with Crippen LogP contribution in [0.4, 0.5) is 10.2 Å². The third-order valence-corrected chi connectivity index (χ3v) is 5.95. The summed E-state index contributed by atoms with van der Waals surface area (Å²) < 4.78 is 15.1. The third-order valence-electron chi connectivity index (χ3n) is 5.63. The first-order valence-corrected chi connectivity index (χ1v) is 12.1. The predicted molar refractivity (Wildman–Crippen MR) is 140 cm³/mol. The lowest BCUT2D eigenvalue weighted by Crippen LogP contribution is -2.39. The Morgan fingerprint density at radius 3 is 2.39 bits per heavy atom. The van der Waals surface area contributed by atoms with Gasteiger partial charge >= 0.3 is 0 Å². The van der Waals surface area contributed by atoms with E-state index in [9.17, 15) is 14.0 Å². The number of hydrogen-bond donors (Lipinski definition) is 1. The molecule has 0 aliphatic heterocycles. The summed E-state index contributed by atoms with van der Waals surface area (Å²) in [6.07, 6.45) is 1.61. The van der Waals surface area contributed by atoms with Crippen molar-refractivity contribution < 1.29 is 14.0 Å². The molecule has 184 valence electrons. The summed E-state index contributed by atoms with van der Waals surface area (Å²) in [6, 6.07) is 23.9. The lowest BCUT2D eigenvalue weighted by Gasteiger charge is -2.22. The Kier molecular flexibility index (Phi) is 8.13. The van der Waals surface area contributed by atoms with Crippen LogP contribution in [0.3, 0.4) is 0 Å². The fourth-order valence-electron chi connectivity index (χ4n) is 3.76. The first-order valence-electron chi connectivity index (χ1n) is 11.7. The molecule has 0 radical (unpaired) electrons. The molecule has 0 unspecified atom stereocenters. The maximum absolute atomic E-state index is 13.5. The van der Waals surface area contributed by atoms with Gasteiger partial charge in [-0.05, 0) is 42.8 Å². The van der Waals surface area contributed by atoms with E-state index in [4.69, 9.17) is 11.6 Å². The number of carbonyl (C=O) groups is 2. The third kappa shape index (κ3) is 5.98. The normalized spacial score (nSPS) is 10.8. The topological polar surface area (TPSA) is 67.2 Å². The van der Waals surface area contributed by atoms with Crippen LogP contribution in [0.2, 0.25) is 5.02 Å². The van der Waals surface area contributed by atoms with Gasteiger partial charge in [0.15, 0.2) is 0 Å². The number of unbranched alkanes of at least 4 members (excludes halogenated alkanes) is 1. The van der Waals surface area contributed by atoms with E-state index in [2.05, 4.69) is 10.4 Å². The molecule has 0 saturated carbocycles. The minimum Gasteiger partial charge on any atom is -0.329 e. The van der Waals surface area contributed by atoms with Gasteiger partial charge in [-0.25, -0.2) is 9.07 Å². The number of halogens is 2. The quantitative estimate of drug-likeness (QED) is 0.294. The summed E-state index contributed by atoms with van der Waals surface area (Å²) in [6.45, 7) is 2.28. The van der Waals surface area contributed by atoms with E-state index < -0.39 is 0 Å². The van der Waals surface area contributed by atoms with Crippen molar-refractivity contribution in [1.82, 2.24) is 14.7 Å². The molecule has 0 bridgehead atoms. The second-order valence-electron chi connectivity index (χ2n) is 8.28. The summed E-state index contributed by atoms with van der Waals surface area (Å²) in [4.78, 5) is 27.8. The second kappa shape index (κ2) is 11.6. The first-order chi connectivity index (χ1) is 17.5. The second-order valence-corrected chi connectivity index (χ2v) is 8.68. The minimum atomic E-state index is -0.380. The van der Waals surface area contributed by atoms with Gasteiger partial charge in [0.25, 0.3) is 5.91 Å². The average molecular weight is 505 g/mol. The van der Waals surface area contributed by atoms with Crippen LogP contribution in [0.1, 0.15) is 30.1 Å². The van der Waals surface area contributed by atoms with E-state index in [1.807, 2.05) is 37.3 Å². The zero-order valence-electron chi connectivity index (χ0n) is 19.8. The minimum absolute atomic E-state index is 0.153. The monoisotopic (exact) mass is 504 g/mol. The van der Waals surface area contributed by atoms with E-state index in [-0.39, 0.29) is 24.2 Å². The Morgan fingerprint density at radius 1 is 1.00 bits per heavy atom. The first kappa shape index (κ1) is 25.1. The fourth-order valence-corrected chi connectivity index (χ4v) is 3.98. The number of carbonyl (C=O) groups excluding carboxylic acids is 2. The fraction of sp³-hybridized carbons (Fsp3) is 0.179. The maximum atomic E-state index is 13.5. The number of aromatic nitrogens is 2. The van der Waals surface area contributed by atoms with Crippen molar-refractivity contribution in [3.05, 3.63) is 101 Å². The molecule has 36 heavy (non-hydrogen) atoms. The van der Waals surface area contributed by atoms with E-state index >= 15 is 0 Å². The van der Waals surface area contributed by atoms with Gasteiger partial charge < -0.3 is 10.2 Å². The smallest absolute Gasteiger partial charge is 0.255 e. The van der Waals surface area contributed by atoms with Crippen LogP contribution in [0, 0.1) is 5.82 Å². The van der Waals surface area contributed by atoms with Gasteiger partial charge in [0, 0.05) is 18.2 Å². The number of nitrogens with zero attached hydrogens (tertiary/aromatic N) is 3. The van der Waals surface area contributed by atoms with E-state index in [1.54, 1.807) is 47.1 Å². The molecule has 0 spiro atoms. The molecule has 0 aliphatic rings. The molecule has 0 aliphatic carbocycles. The highest BCUT2D eigenvalue weighted by Crippen LogP contribution is 2.25. The summed E-state index contributed by atoms with van der Waals surface area (Å²) in [5, 5.41) is 7.86. The molecule has 0 saturated heterocycles. The summed E-state index contributed by atoms with van der Waals surface area (Å²) in [5.41, 5.74) is 2.45. The Balaban J connectivity index is 1.60. The van der Waals surface area contributed by atoms with Crippen molar-refractivity contribution in [3.8, 4) is 16.9 Å². The molecule has 1 heterocycles. The Hall–Kier alpha value is -3.97. The van der Waals surface area contributed by atoms with Crippen LogP contribution < -0.4 is 5.32 Å². The van der Waals surface area contributed by atoms with E-state index in [0.717, 1.165) is 18.4 Å². The largest absolute Gasteiger partial charge is 0.329 e. The van der Waals surface area contributed by atoms with Crippen molar-refractivity contribution in [2.75, 3.05) is 18.4 Å². The van der Waals surface area contributed by atoms with Crippen LogP contribution in [0.5, 0.6) is 0 Å². The maximum Gasteiger partial charge on any atom is 0.255 e. The van der Waals surface area contributed by atoms with E-state index in [1.165, 1.54) is 17.0 Å². The van der Waals surface area contributed by atoms with Gasteiger partial charge in [-0.2, -0.15) is 5.10 Å². The van der Waals surface area contributed by atoms with E-state index in [0.29, 0.717) is 34.3 Å². The number of nitrogens with one attached hydrogen (secondary N) is 1. The number of amides is 2. The van der Waals surface area contributed by atoms with Gasteiger partial charge in [0.2, 0.25) is 5.91 Å². The number of hydrogen-bond acceptors (Lipinski definition) is 3. The lowest BCUT2D eigenvalue weighted by atomic mass is 10.1. The van der Waals surface area contributed by atoms with Gasteiger partial charge in [0.05, 0.1) is 22.0 Å². The molecular formula is C28H26ClFN4O2. The molecule has 0 fully saturated rings.